The molecule has 0 bridgehead atoms. The van der Waals surface area contributed by atoms with Crippen molar-refractivity contribution in [2.75, 3.05) is 0 Å². The quantitative estimate of drug-likeness (QED) is 0.885. The summed E-state index contributed by atoms with van der Waals surface area (Å²) in [5, 5.41) is 3.19. The largest absolute Gasteiger partial charge is 0.295 e. The van der Waals surface area contributed by atoms with Gasteiger partial charge in [0.25, 0.3) is 5.56 Å². The molecule has 3 heteroatoms. The van der Waals surface area contributed by atoms with Crippen LogP contribution < -0.4 is 5.56 Å². The molecule has 0 radical (unpaired) electrons. The lowest BCUT2D eigenvalue weighted by Crippen LogP contribution is -2.14. The standard InChI is InChI=1S/C15H20N2O/c1-10(2)7-13-9-15(18)17(16-13)14-6-5-11(3)8-12(14)4/h5-6,8-10,16H,7H2,1-4H3. The topological polar surface area (TPSA) is 37.8 Å². The van der Waals surface area contributed by atoms with Crippen molar-refractivity contribution in [3.8, 4) is 5.69 Å². The van der Waals surface area contributed by atoms with Gasteiger partial charge in [0.05, 0.1) is 5.69 Å². The zero-order valence-electron chi connectivity index (χ0n) is 11.4. The number of hydrogen-bond donors (Lipinski definition) is 1. The van der Waals surface area contributed by atoms with Crippen LogP contribution in [0.2, 0.25) is 0 Å². The van der Waals surface area contributed by atoms with Crippen molar-refractivity contribution in [3.63, 3.8) is 0 Å². The average Bonchev–Trinajstić information content (AvgIpc) is 2.58. The highest BCUT2D eigenvalue weighted by molar-refractivity contribution is 5.42. The second kappa shape index (κ2) is 4.84. The number of hydrogen-bond acceptors (Lipinski definition) is 1. The third kappa shape index (κ3) is 2.55. The highest BCUT2D eigenvalue weighted by atomic mass is 16.1. The second-order valence-corrected chi connectivity index (χ2v) is 5.34. The number of aryl methyl sites for hydroxylation is 2. The Morgan fingerprint density at radius 3 is 2.56 bits per heavy atom. The maximum absolute atomic E-state index is 12.0. The molecule has 18 heavy (non-hydrogen) atoms. The van der Waals surface area contributed by atoms with E-state index in [1.807, 2.05) is 19.1 Å². The molecule has 0 aliphatic carbocycles. The van der Waals surface area contributed by atoms with Crippen LogP contribution in [0.15, 0.2) is 29.1 Å². The minimum Gasteiger partial charge on any atom is -0.295 e. The van der Waals surface area contributed by atoms with Crippen LogP contribution in [-0.2, 0) is 6.42 Å². The van der Waals surface area contributed by atoms with E-state index in [9.17, 15) is 4.79 Å². The van der Waals surface area contributed by atoms with Gasteiger partial charge in [-0.25, -0.2) is 4.68 Å². The van der Waals surface area contributed by atoms with Crippen LogP contribution in [-0.4, -0.2) is 9.78 Å². The predicted octanol–water partition coefficient (Wildman–Crippen LogP) is 2.98. The number of aromatic nitrogens is 2. The number of aromatic amines is 1. The maximum atomic E-state index is 12.0. The molecule has 2 aromatic rings. The van der Waals surface area contributed by atoms with E-state index in [2.05, 4.69) is 31.9 Å². The minimum atomic E-state index is 0.0117. The van der Waals surface area contributed by atoms with Crippen molar-refractivity contribution in [2.45, 2.75) is 34.1 Å². The van der Waals surface area contributed by atoms with Crippen LogP contribution in [0.5, 0.6) is 0 Å². The van der Waals surface area contributed by atoms with Gasteiger partial charge < -0.3 is 0 Å². The molecule has 0 aliphatic rings. The summed E-state index contributed by atoms with van der Waals surface area (Å²) in [6.07, 6.45) is 0.896. The summed E-state index contributed by atoms with van der Waals surface area (Å²) in [6, 6.07) is 7.80. The van der Waals surface area contributed by atoms with Crippen molar-refractivity contribution in [3.05, 3.63) is 51.4 Å². The molecule has 0 saturated heterocycles. The van der Waals surface area contributed by atoms with Gasteiger partial charge in [0.1, 0.15) is 0 Å². The van der Waals surface area contributed by atoms with E-state index in [0.29, 0.717) is 5.92 Å². The molecule has 0 aliphatic heterocycles. The van der Waals surface area contributed by atoms with Gasteiger partial charge in [-0.15, -0.1) is 0 Å². The van der Waals surface area contributed by atoms with Crippen molar-refractivity contribution in [1.29, 1.82) is 0 Å². The summed E-state index contributed by atoms with van der Waals surface area (Å²) >= 11 is 0. The van der Waals surface area contributed by atoms with E-state index in [0.717, 1.165) is 23.4 Å². The molecule has 0 atom stereocenters. The maximum Gasteiger partial charge on any atom is 0.271 e. The van der Waals surface area contributed by atoms with Crippen LogP contribution in [0.4, 0.5) is 0 Å². The number of nitrogens with one attached hydrogen (secondary N) is 1. The molecule has 1 heterocycles. The molecule has 1 aromatic heterocycles. The first-order valence-corrected chi connectivity index (χ1v) is 6.36. The van der Waals surface area contributed by atoms with E-state index in [1.54, 1.807) is 10.7 Å². The smallest absolute Gasteiger partial charge is 0.271 e. The molecule has 1 N–H and O–H groups in total. The SMILES string of the molecule is Cc1ccc(-n2[nH]c(CC(C)C)cc2=O)c(C)c1. The van der Waals surface area contributed by atoms with Crippen molar-refractivity contribution in [1.82, 2.24) is 9.78 Å². The molecule has 0 fully saturated rings. The molecule has 3 nitrogen and oxygen atoms in total. The molecule has 0 unspecified atom stereocenters. The van der Waals surface area contributed by atoms with E-state index in [4.69, 9.17) is 0 Å². The summed E-state index contributed by atoms with van der Waals surface area (Å²) < 4.78 is 1.63. The van der Waals surface area contributed by atoms with Crippen molar-refractivity contribution in [2.24, 2.45) is 5.92 Å². The van der Waals surface area contributed by atoms with E-state index < -0.39 is 0 Å². The van der Waals surface area contributed by atoms with Crippen LogP contribution in [0.25, 0.3) is 5.69 Å². The lowest BCUT2D eigenvalue weighted by molar-refractivity contribution is 0.627. The fourth-order valence-corrected chi connectivity index (χ4v) is 2.22. The second-order valence-electron chi connectivity index (χ2n) is 5.34. The summed E-state index contributed by atoms with van der Waals surface area (Å²) in [6.45, 7) is 8.37. The third-order valence-corrected chi connectivity index (χ3v) is 2.99. The Morgan fingerprint density at radius 2 is 1.94 bits per heavy atom. The van der Waals surface area contributed by atoms with Crippen LogP contribution >= 0.6 is 0 Å². The van der Waals surface area contributed by atoms with Gasteiger partial charge in [-0.05, 0) is 37.8 Å². The van der Waals surface area contributed by atoms with Gasteiger partial charge in [0.2, 0.25) is 0 Å². The highest BCUT2D eigenvalue weighted by Crippen LogP contribution is 2.14. The Balaban J connectivity index is 2.44. The molecule has 96 valence electrons. The lowest BCUT2D eigenvalue weighted by atomic mass is 10.1. The van der Waals surface area contributed by atoms with Crippen LogP contribution in [0, 0.1) is 19.8 Å². The minimum absolute atomic E-state index is 0.0117. The van der Waals surface area contributed by atoms with Crippen molar-refractivity contribution < 1.29 is 0 Å². The summed E-state index contributed by atoms with van der Waals surface area (Å²) in [4.78, 5) is 12.0. The van der Waals surface area contributed by atoms with Crippen LogP contribution in [0.3, 0.4) is 0 Å². The Hall–Kier alpha value is -1.77. The number of nitrogens with zero attached hydrogens (tertiary/aromatic N) is 1. The van der Waals surface area contributed by atoms with Crippen molar-refractivity contribution >= 4 is 0 Å². The van der Waals surface area contributed by atoms with Gasteiger partial charge in [-0.2, -0.15) is 0 Å². The van der Waals surface area contributed by atoms with Gasteiger partial charge in [0, 0.05) is 11.8 Å². The Labute approximate surface area is 107 Å². The Bertz CT molecular complexity index is 605. The molecule has 0 amide bonds. The summed E-state index contributed by atoms with van der Waals surface area (Å²) in [5.74, 6) is 0.538. The zero-order chi connectivity index (χ0) is 13.3. The molecule has 0 spiro atoms. The van der Waals surface area contributed by atoms with E-state index in [1.165, 1.54) is 5.56 Å². The number of H-pyrrole nitrogens is 1. The molecule has 1 aromatic carbocycles. The Kier molecular flexibility index (Phi) is 3.41. The number of rotatable bonds is 3. The summed E-state index contributed by atoms with van der Waals surface area (Å²) in [7, 11) is 0. The Morgan fingerprint density at radius 1 is 1.22 bits per heavy atom. The van der Waals surface area contributed by atoms with Gasteiger partial charge in [-0.1, -0.05) is 31.5 Å². The fraction of sp³-hybridized carbons (Fsp3) is 0.400. The van der Waals surface area contributed by atoms with Gasteiger partial charge in [0.15, 0.2) is 0 Å². The van der Waals surface area contributed by atoms with Gasteiger partial charge in [-0.3, -0.25) is 9.89 Å². The number of benzene rings is 1. The monoisotopic (exact) mass is 244 g/mol. The zero-order valence-corrected chi connectivity index (χ0v) is 11.4. The summed E-state index contributed by atoms with van der Waals surface area (Å²) in [5.41, 5.74) is 4.25. The van der Waals surface area contributed by atoms with E-state index in [-0.39, 0.29) is 5.56 Å². The van der Waals surface area contributed by atoms with Gasteiger partial charge >= 0.3 is 0 Å². The molecular formula is C15H20N2O. The first-order chi connectivity index (χ1) is 8.47. The van der Waals surface area contributed by atoms with E-state index >= 15 is 0 Å². The first kappa shape index (κ1) is 12.7. The molecule has 0 saturated carbocycles. The first-order valence-electron chi connectivity index (χ1n) is 6.36. The lowest BCUT2D eigenvalue weighted by Gasteiger charge is -2.07. The molecule has 2 rings (SSSR count). The molecular weight excluding hydrogens is 224 g/mol. The van der Waals surface area contributed by atoms with Crippen LogP contribution in [0.1, 0.15) is 30.7 Å². The fourth-order valence-electron chi connectivity index (χ4n) is 2.22. The predicted molar refractivity (Wildman–Crippen MR) is 74.4 cm³/mol. The normalized spacial score (nSPS) is 11.2. The average molecular weight is 244 g/mol. The third-order valence-electron chi connectivity index (χ3n) is 2.99. The highest BCUT2D eigenvalue weighted by Gasteiger charge is 2.08.